The van der Waals surface area contributed by atoms with Crippen LogP contribution >= 0.6 is 0 Å². The summed E-state index contributed by atoms with van der Waals surface area (Å²) in [7, 11) is 0. The van der Waals surface area contributed by atoms with E-state index in [0.29, 0.717) is 12.5 Å². The van der Waals surface area contributed by atoms with Crippen LogP contribution in [-0.4, -0.2) is 40.1 Å². The first-order chi connectivity index (χ1) is 10.3. The third-order valence-corrected chi connectivity index (χ3v) is 4.17. The Morgan fingerprint density at radius 2 is 1.90 bits per heavy atom. The van der Waals surface area contributed by atoms with Crippen LogP contribution in [0.25, 0.3) is 0 Å². The number of hydrogen-bond acceptors (Lipinski definition) is 3. The molecule has 0 unspecified atom stereocenters. The first-order valence-electron chi connectivity index (χ1n) is 7.59. The zero-order chi connectivity index (χ0) is 14.5. The Morgan fingerprint density at radius 3 is 2.57 bits per heavy atom. The zero-order valence-corrected chi connectivity index (χ0v) is 12.2. The van der Waals surface area contributed by atoms with Crippen LogP contribution in [0, 0.1) is 5.92 Å². The molecule has 1 fully saturated rings. The second kappa shape index (κ2) is 6.68. The summed E-state index contributed by atoms with van der Waals surface area (Å²) < 4.78 is 2.01. The van der Waals surface area contributed by atoms with Crippen molar-refractivity contribution in [3.05, 3.63) is 54.4 Å². The smallest absolute Gasteiger partial charge is 0.176 e. The fourth-order valence-electron chi connectivity index (χ4n) is 2.92. The summed E-state index contributed by atoms with van der Waals surface area (Å²) in [5, 5.41) is 4.27. The molecule has 0 radical (unpaired) electrons. The molecule has 1 aromatic carbocycles. The van der Waals surface area contributed by atoms with Crippen LogP contribution in [0.3, 0.4) is 0 Å². The van der Waals surface area contributed by atoms with Crippen molar-refractivity contribution < 1.29 is 4.79 Å². The lowest BCUT2D eigenvalue weighted by atomic mass is 9.96. The number of carbonyl (C=O) groups is 1. The molecular weight excluding hydrogens is 262 g/mol. The van der Waals surface area contributed by atoms with Crippen molar-refractivity contribution in [1.82, 2.24) is 14.7 Å². The monoisotopic (exact) mass is 283 g/mol. The SMILES string of the molecule is O=C(CN1CCC(Cn2cccn2)CC1)c1ccccc1. The van der Waals surface area contributed by atoms with Crippen LogP contribution in [0.15, 0.2) is 48.8 Å². The van der Waals surface area contributed by atoms with E-state index in [9.17, 15) is 4.79 Å². The lowest BCUT2D eigenvalue weighted by Crippen LogP contribution is -2.38. The quantitative estimate of drug-likeness (QED) is 0.791. The molecule has 1 aliphatic heterocycles. The van der Waals surface area contributed by atoms with E-state index in [1.807, 2.05) is 53.5 Å². The number of nitrogens with zero attached hydrogens (tertiary/aromatic N) is 3. The molecule has 1 aliphatic rings. The van der Waals surface area contributed by atoms with Gasteiger partial charge in [0.2, 0.25) is 0 Å². The number of rotatable bonds is 5. The van der Waals surface area contributed by atoms with Crippen molar-refractivity contribution in [2.75, 3.05) is 19.6 Å². The molecule has 0 amide bonds. The van der Waals surface area contributed by atoms with E-state index < -0.39 is 0 Å². The molecule has 3 rings (SSSR count). The fourth-order valence-corrected chi connectivity index (χ4v) is 2.92. The van der Waals surface area contributed by atoms with Gasteiger partial charge < -0.3 is 0 Å². The van der Waals surface area contributed by atoms with Crippen molar-refractivity contribution in [2.45, 2.75) is 19.4 Å². The maximum atomic E-state index is 12.2. The van der Waals surface area contributed by atoms with E-state index in [2.05, 4.69) is 10.00 Å². The van der Waals surface area contributed by atoms with Gasteiger partial charge in [-0.15, -0.1) is 0 Å². The van der Waals surface area contributed by atoms with Gasteiger partial charge in [0.15, 0.2) is 5.78 Å². The maximum Gasteiger partial charge on any atom is 0.176 e. The second-order valence-corrected chi connectivity index (χ2v) is 5.74. The minimum Gasteiger partial charge on any atom is -0.296 e. The van der Waals surface area contributed by atoms with Gasteiger partial charge in [0.1, 0.15) is 0 Å². The third-order valence-electron chi connectivity index (χ3n) is 4.17. The van der Waals surface area contributed by atoms with E-state index in [0.717, 1.165) is 38.0 Å². The summed E-state index contributed by atoms with van der Waals surface area (Å²) in [4.78, 5) is 14.5. The van der Waals surface area contributed by atoms with Crippen LogP contribution in [0.2, 0.25) is 0 Å². The second-order valence-electron chi connectivity index (χ2n) is 5.74. The summed E-state index contributed by atoms with van der Waals surface area (Å²) >= 11 is 0. The Morgan fingerprint density at radius 1 is 1.14 bits per heavy atom. The molecule has 0 saturated carbocycles. The first-order valence-corrected chi connectivity index (χ1v) is 7.59. The maximum absolute atomic E-state index is 12.2. The molecular formula is C17H21N3O. The molecule has 0 bridgehead atoms. The number of ketones is 1. The molecule has 2 heterocycles. The third kappa shape index (κ3) is 3.79. The molecule has 110 valence electrons. The van der Waals surface area contributed by atoms with Gasteiger partial charge >= 0.3 is 0 Å². The predicted molar refractivity (Wildman–Crippen MR) is 82.2 cm³/mol. The Hall–Kier alpha value is -1.94. The number of likely N-dealkylation sites (tertiary alicyclic amines) is 1. The number of hydrogen-bond donors (Lipinski definition) is 0. The van der Waals surface area contributed by atoms with Gasteiger partial charge in [-0.05, 0) is 37.9 Å². The van der Waals surface area contributed by atoms with E-state index >= 15 is 0 Å². The number of benzene rings is 1. The van der Waals surface area contributed by atoms with Crippen LogP contribution in [-0.2, 0) is 6.54 Å². The Labute approximate surface area is 125 Å². The van der Waals surface area contributed by atoms with Crippen LogP contribution in [0.1, 0.15) is 23.2 Å². The fraction of sp³-hybridized carbons (Fsp3) is 0.412. The van der Waals surface area contributed by atoms with Gasteiger partial charge in [-0.25, -0.2) is 0 Å². The molecule has 4 nitrogen and oxygen atoms in total. The van der Waals surface area contributed by atoms with E-state index in [1.54, 1.807) is 0 Å². The van der Waals surface area contributed by atoms with Crippen molar-refractivity contribution in [3.8, 4) is 0 Å². The highest BCUT2D eigenvalue weighted by molar-refractivity contribution is 5.97. The highest BCUT2D eigenvalue weighted by Gasteiger charge is 2.21. The van der Waals surface area contributed by atoms with E-state index in [1.165, 1.54) is 0 Å². The minimum absolute atomic E-state index is 0.223. The van der Waals surface area contributed by atoms with E-state index in [4.69, 9.17) is 0 Å². The average Bonchev–Trinajstić information content (AvgIpc) is 3.03. The molecule has 0 spiro atoms. The molecule has 4 heteroatoms. The van der Waals surface area contributed by atoms with Crippen molar-refractivity contribution >= 4 is 5.78 Å². The normalized spacial score (nSPS) is 17.0. The highest BCUT2D eigenvalue weighted by atomic mass is 16.1. The van der Waals surface area contributed by atoms with Crippen LogP contribution < -0.4 is 0 Å². The van der Waals surface area contributed by atoms with E-state index in [-0.39, 0.29) is 5.78 Å². The summed E-state index contributed by atoms with van der Waals surface area (Å²) in [6.45, 7) is 3.54. The van der Waals surface area contributed by atoms with Crippen LogP contribution in [0.4, 0.5) is 0 Å². The summed E-state index contributed by atoms with van der Waals surface area (Å²) in [5.41, 5.74) is 0.816. The number of aromatic nitrogens is 2. The summed E-state index contributed by atoms with van der Waals surface area (Å²) in [6.07, 6.45) is 6.13. The predicted octanol–water partition coefficient (Wildman–Crippen LogP) is 2.48. The van der Waals surface area contributed by atoms with Gasteiger partial charge in [-0.3, -0.25) is 14.4 Å². The zero-order valence-electron chi connectivity index (χ0n) is 12.2. The molecule has 0 aliphatic carbocycles. The Kier molecular flexibility index (Phi) is 4.46. The van der Waals surface area contributed by atoms with Crippen LogP contribution in [0.5, 0.6) is 0 Å². The Bertz CT molecular complexity index is 557. The molecule has 21 heavy (non-hydrogen) atoms. The molecule has 2 aromatic rings. The standard InChI is InChI=1S/C17H21N3O/c21-17(16-5-2-1-3-6-16)14-19-11-7-15(8-12-19)13-20-10-4-9-18-20/h1-6,9-10,15H,7-8,11-14H2. The lowest BCUT2D eigenvalue weighted by molar-refractivity contribution is 0.0889. The topological polar surface area (TPSA) is 38.1 Å². The lowest BCUT2D eigenvalue weighted by Gasteiger charge is -2.31. The highest BCUT2D eigenvalue weighted by Crippen LogP contribution is 2.19. The van der Waals surface area contributed by atoms with Crippen molar-refractivity contribution in [2.24, 2.45) is 5.92 Å². The number of Topliss-reactive ketones (excluding diaryl/α,β-unsaturated/α-hetero) is 1. The Balaban J connectivity index is 1.46. The van der Waals surface area contributed by atoms with Gasteiger partial charge in [0.25, 0.3) is 0 Å². The first kappa shape index (κ1) is 14.0. The van der Waals surface area contributed by atoms with Crippen molar-refractivity contribution in [1.29, 1.82) is 0 Å². The average molecular weight is 283 g/mol. The summed E-state index contributed by atoms with van der Waals surface area (Å²) in [6, 6.07) is 11.5. The minimum atomic E-state index is 0.223. The largest absolute Gasteiger partial charge is 0.296 e. The van der Waals surface area contributed by atoms with Gasteiger partial charge in [-0.2, -0.15) is 5.10 Å². The number of piperidine rings is 1. The molecule has 1 aromatic heterocycles. The van der Waals surface area contributed by atoms with Crippen molar-refractivity contribution in [3.63, 3.8) is 0 Å². The van der Waals surface area contributed by atoms with Gasteiger partial charge in [0.05, 0.1) is 6.54 Å². The van der Waals surface area contributed by atoms with Gasteiger partial charge in [-0.1, -0.05) is 30.3 Å². The molecule has 0 N–H and O–H groups in total. The molecule has 0 atom stereocenters. The number of carbonyl (C=O) groups excluding carboxylic acids is 1. The molecule has 1 saturated heterocycles. The van der Waals surface area contributed by atoms with Gasteiger partial charge in [0, 0.05) is 24.5 Å². The summed E-state index contributed by atoms with van der Waals surface area (Å²) in [5.74, 6) is 0.897.